The molecule has 0 amide bonds. The quantitative estimate of drug-likeness (QED) is 0.912. The predicted molar refractivity (Wildman–Crippen MR) is 78.1 cm³/mol. The van der Waals surface area contributed by atoms with Gasteiger partial charge in [0, 0.05) is 24.2 Å². The molecule has 3 rings (SSSR count). The summed E-state index contributed by atoms with van der Waals surface area (Å²) in [5.74, 6) is 1.16. The van der Waals surface area contributed by atoms with E-state index in [2.05, 4.69) is 35.8 Å². The first-order valence-electron chi connectivity index (χ1n) is 7.21. The zero-order chi connectivity index (χ0) is 13.2. The lowest BCUT2D eigenvalue weighted by Gasteiger charge is -2.02. The summed E-state index contributed by atoms with van der Waals surface area (Å²) in [5, 5.41) is 0. The zero-order valence-electron chi connectivity index (χ0n) is 11.5. The highest BCUT2D eigenvalue weighted by Crippen LogP contribution is 2.29. The Labute approximate surface area is 114 Å². The van der Waals surface area contributed by atoms with Crippen LogP contribution in [-0.2, 0) is 25.8 Å². The molecule has 0 saturated heterocycles. The highest BCUT2D eigenvalue weighted by molar-refractivity contribution is 5.63. The fourth-order valence-electron chi connectivity index (χ4n) is 2.91. The fraction of sp³-hybridized carbons (Fsp3) is 0.438. The molecule has 1 aromatic heterocycles. The maximum Gasteiger partial charge on any atom is 0.110 e. The number of nitrogens with zero attached hydrogens (tertiary/aromatic N) is 2. The van der Waals surface area contributed by atoms with Crippen molar-refractivity contribution < 1.29 is 0 Å². The molecule has 1 aliphatic heterocycles. The Bertz CT molecular complexity index is 566. The van der Waals surface area contributed by atoms with Crippen LogP contribution in [0, 0.1) is 0 Å². The van der Waals surface area contributed by atoms with Crippen LogP contribution in [0.1, 0.15) is 30.4 Å². The van der Waals surface area contributed by atoms with E-state index in [4.69, 9.17) is 10.7 Å². The number of rotatable bonds is 4. The van der Waals surface area contributed by atoms with E-state index in [-0.39, 0.29) is 0 Å². The highest BCUT2D eigenvalue weighted by atomic mass is 15.1. The Morgan fingerprint density at radius 2 is 2.05 bits per heavy atom. The van der Waals surface area contributed by atoms with E-state index in [1.807, 2.05) is 0 Å². The van der Waals surface area contributed by atoms with Gasteiger partial charge < -0.3 is 10.3 Å². The third kappa shape index (κ3) is 2.19. The number of imidazole rings is 1. The van der Waals surface area contributed by atoms with Crippen molar-refractivity contribution in [2.75, 3.05) is 6.54 Å². The van der Waals surface area contributed by atoms with Gasteiger partial charge in [0.05, 0.1) is 5.69 Å². The molecule has 0 atom stereocenters. The number of aromatic nitrogens is 2. The Hall–Kier alpha value is -1.61. The Morgan fingerprint density at radius 1 is 1.26 bits per heavy atom. The predicted octanol–water partition coefficient (Wildman–Crippen LogP) is 2.56. The molecular weight excluding hydrogens is 234 g/mol. The minimum absolute atomic E-state index is 0.671. The van der Waals surface area contributed by atoms with Crippen molar-refractivity contribution in [3.63, 3.8) is 0 Å². The molecule has 3 nitrogen and oxygen atoms in total. The van der Waals surface area contributed by atoms with Crippen LogP contribution < -0.4 is 5.73 Å². The second-order valence-corrected chi connectivity index (χ2v) is 5.17. The SMILES string of the molecule is CCc1ccc(-c2nc(CCN)n3c2CCC3)cc1. The van der Waals surface area contributed by atoms with Crippen LogP contribution in [0.2, 0.25) is 0 Å². The molecule has 19 heavy (non-hydrogen) atoms. The highest BCUT2D eigenvalue weighted by Gasteiger charge is 2.21. The molecule has 1 aromatic carbocycles. The average Bonchev–Trinajstić information content (AvgIpc) is 3.03. The molecule has 1 aliphatic rings. The van der Waals surface area contributed by atoms with Crippen LogP contribution in [0.15, 0.2) is 24.3 Å². The van der Waals surface area contributed by atoms with Crippen molar-refractivity contribution in [2.45, 2.75) is 39.2 Å². The van der Waals surface area contributed by atoms with E-state index in [0.29, 0.717) is 6.54 Å². The molecule has 0 saturated carbocycles. The van der Waals surface area contributed by atoms with Crippen LogP contribution in [0.5, 0.6) is 0 Å². The lowest BCUT2D eigenvalue weighted by Crippen LogP contribution is -2.08. The first kappa shape index (κ1) is 12.4. The van der Waals surface area contributed by atoms with Crippen molar-refractivity contribution in [3.8, 4) is 11.3 Å². The van der Waals surface area contributed by atoms with Crippen LogP contribution in [0.4, 0.5) is 0 Å². The van der Waals surface area contributed by atoms with Crippen molar-refractivity contribution in [3.05, 3.63) is 41.3 Å². The third-order valence-electron chi connectivity index (χ3n) is 3.95. The van der Waals surface area contributed by atoms with Gasteiger partial charge in [0.1, 0.15) is 5.82 Å². The summed E-state index contributed by atoms with van der Waals surface area (Å²) < 4.78 is 2.37. The Balaban J connectivity index is 2.02. The zero-order valence-corrected chi connectivity index (χ0v) is 11.5. The van der Waals surface area contributed by atoms with Crippen molar-refractivity contribution in [1.29, 1.82) is 0 Å². The molecule has 0 aliphatic carbocycles. The average molecular weight is 255 g/mol. The van der Waals surface area contributed by atoms with Crippen LogP contribution in [0.3, 0.4) is 0 Å². The summed E-state index contributed by atoms with van der Waals surface area (Å²) in [5.41, 5.74) is 10.9. The molecular formula is C16H21N3. The van der Waals surface area contributed by atoms with Gasteiger partial charge in [0.25, 0.3) is 0 Å². The number of nitrogens with two attached hydrogens (primary N) is 1. The van der Waals surface area contributed by atoms with Gasteiger partial charge in [-0.2, -0.15) is 0 Å². The van der Waals surface area contributed by atoms with Gasteiger partial charge in [-0.05, 0) is 31.4 Å². The smallest absolute Gasteiger partial charge is 0.110 e. The molecule has 0 fully saturated rings. The van der Waals surface area contributed by atoms with E-state index >= 15 is 0 Å². The molecule has 2 aromatic rings. The van der Waals surface area contributed by atoms with Gasteiger partial charge in [0.2, 0.25) is 0 Å². The van der Waals surface area contributed by atoms with Gasteiger partial charge in [0.15, 0.2) is 0 Å². The third-order valence-corrected chi connectivity index (χ3v) is 3.95. The van der Waals surface area contributed by atoms with E-state index < -0.39 is 0 Å². The molecule has 100 valence electrons. The largest absolute Gasteiger partial charge is 0.331 e. The van der Waals surface area contributed by atoms with Gasteiger partial charge >= 0.3 is 0 Å². The molecule has 2 N–H and O–H groups in total. The van der Waals surface area contributed by atoms with Gasteiger partial charge in [-0.1, -0.05) is 31.2 Å². The van der Waals surface area contributed by atoms with E-state index in [9.17, 15) is 0 Å². The van der Waals surface area contributed by atoms with Crippen molar-refractivity contribution in [2.24, 2.45) is 5.73 Å². The monoisotopic (exact) mass is 255 g/mol. The minimum atomic E-state index is 0.671. The molecule has 0 bridgehead atoms. The minimum Gasteiger partial charge on any atom is -0.331 e. The molecule has 3 heteroatoms. The Kier molecular flexibility index (Phi) is 3.38. The maximum atomic E-state index is 5.69. The second-order valence-electron chi connectivity index (χ2n) is 5.17. The maximum absolute atomic E-state index is 5.69. The van der Waals surface area contributed by atoms with E-state index in [1.165, 1.54) is 28.9 Å². The second kappa shape index (κ2) is 5.17. The summed E-state index contributed by atoms with van der Waals surface area (Å²) in [4.78, 5) is 4.83. The fourth-order valence-corrected chi connectivity index (χ4v) is 2.91. The lowest BCUT2D eigenvalue weighted by molar-refractivity contribution is 0.685. The summed E-state index contributed by atoms with van der Waals surface area (Å²) in [6.45, 7) is 3.96. The normalized spacial score (nSPS) is 13.8. The van der Waals surface area contributed by atoms with Crippen molar-refractivity contribution in [1.82, 2.24) is 9.55 Å². The van der Waals surface area contributed by atoms with Gasteiger partial charge in [-0.3, -0.25) is 0 Å². The Morgan fingerprint density at radius 3 is 2.74 bits per heavy atom. The van der Waals surface area contributed by atoms with Crippen LogP contribution in [0.25, 0.3) is 11.3 Å². The molecule has 0 radical (unpaired) electrons. The summed E-state index contributed by atoms with van der Waals surface area (Å²) >= 11 is 0. The standard InChI is InChI=1S/C16H21N3/c1-2-12-5-7-13(8-6-12)16-14-4-3-11-19(14)15(18-16)9-10-17/h5-8H,2-4,9-11,17H2,1H3. The first-order chi connectivity index (χ1) is 9.33. The summed E-state index contributed by atoms with van der Waals surface area (Å²) in [6, 6.07) is 8.82. The van der Waals surface area contributed by atoms with E-state index in [1.54, 1.807) is 0 Å². The van der Waals surface area contributed by atoms with E-state index in [0.717, 1.165) is 31.6 Å². The van der Waals surface area contributed by atoms with Crippen LogP contribution in [-0.4, -0.2) is 16.1 Å². The first-order valence-corrected chi connectivity index (χ1v) is 7.21. The molecule has 2 heterocycles. The number of benzene rings is 1. The topological polar surface area (TPSA) is 43.8 Å². The van der Waals surface area contributed by atoms with Crippen molar-refractivity contribution >= 4 is 0 Å². The summed E-state index contributed by atoms with van der Waals surface area (Å²) in [7, 11) is 0. The van der Waals surface area contributed by atoms with Crippen LogP contribution >= 0.6 is 0 Å². The number of hydrogen-bond acceptors (Lipinski definition) is 2. The van der Waals surface area contributed by atoms with Gasteiger partial charge in [-0.25, -0.2) is 4.98 Å². The number of hydrogen-bond donors (Lipinski definition) is 1. The number of aryl methyl sites for hydroxylation is 1. The van der Waals surface area contributed by atoms with Gasteiger partial charge in [-0.15, -0.1) is 0 Å². The lowest BCUT2D eigenvalue weighted by atomic mass is 10.1. The molecule has 0 unspecified atom stereocenters. The summed E-state index contributed by atoms with van der Waals surface area (Å²) in [6.07, 6.45) is 4.33. The number of fused-ring (bicyclic) bond motifs is 1. The molecule has 0 spiro atoms.